The van der Waals surface area contributed by atoms with Crippen LogP contribution in [0.1, 0.15) is 19.3 Å². The van der Waals surface area contributed by atoms with Crippen molar-refractivity contribution in [3.63, 3.8) is 0 Å². The molecule has 0 bridgehead atoms. The van der Waals surface area contributed by atoms with Crippen molar-refractivity contribution in [2.24, 2.45) is 5.92 Å². The highest BCUT2D eigenvalue weighted by molar-refractivity contribution is 7.99. The highest BCUT2D eigenvalue weighted by Gasteiger charge is 2.41. The summed E-state index contributed by atoms with van der Waals surface area (Å²) < 4.78 is 26.4. The molecule has 0 amide bonds. The van der Waals surface area contributed by atoms with Crippen LogP contribution in [0.25, 0.3) is 0 Å². The molecule has 0 aromatic heterocycles. The van der Waals surface area contributed by atoms with Gasteiger partial charge in [0.05, 0.1) is 6.42 Å². The Balaban J connectivity index is 2.60. The topological polar surface area (TPSA) is 37.3 Å². The van der Waals surface area contributed by atoms with Crippen LogP contribution in [-0.4, -0.2) is 28.5 Å². The molecule has 0 aromatic carbocycles. The summed E-state index contributed by atoms with van der Waals surface area (Å²) in [6, 6.07) is 0. The number of rotatable bonds is 2. The molecule has 0 spiro atoms. The SMILES string of the molecule is O=C(O)CC1CCSCCC1(F)F. The zero-order chi connectivity index (χ0) is 9.90. The number of carboxylic acids is 1. The van der Waals surface area contributed by atoms with Crippen molar-refractivity contribution in [3.8, 4) is 0 Å². The van der Waals surface area contributed by atoms with Crippen LogP contribution in [0.2, 0.25) is 0 Å². The fourth-order valence-corrected chi connectivity index (χ4v) is 2.49. The Labute approximate surface area is 79.7 Å². The minimum atomic E-state index is -2.79. The molecule has 0 radical (unpaired) electrons. The number of hydrogen-bond acceptors (Lipinski definition) is 2. The first-order chi connectivity index (χ1) is 6.02. The van der Waals surface area contributed by atoms with Gasteiger partial charge in [0.1, 0.15) is 0 Å². The van der Waals surface area contributed by atoms with E-state index in [2.05, 4.69) is 0 Å². The van der Waals surface area contributed by atoms with Crippen LogP contribution >= 0.6 is 11.8 Å². The van der Waals surface area contributed by atoms with E-state index in [0.717, 1.165) is 0 Å². The minimum Gasteiger partial charge on any atom is -0.481 e. The molecule has 1 N–H and O–H groups in total. The summed E-state index contributed by atoms with van der Waals surface area (Å²) in [6.07, 6.45) is -0.285. The number of alkyl halides is 2. The second-order valence-electron chi connectivity index (χ2n) is 3.21. The largest absolute Gasteiger partial charge is 0.481 e. The summed E-state index contributed by atoms with van der Waals surface area (Å²) in [5, 5.41) is 8.45. The van der Waals surface area contributed by atoms with Crippen molar-refractivity contribution >= 4 is 17.7 Å². The average Bonchev–Trinajstić information content (AvgIpc) is 2.13. The number of carbonyl (C=O) groups is 1. The van der Waals surface area contributed by atoms with Gasteiger partial charge in [-0.1, -0.05) is 0 Å². The molecule has 1 saturated heterocycles. The second kappa shape index (κ2) is 4.26. The van der Waals surface area contributed by atoms with E-state index in [1.165, 1.54) is 11.8 Å². The van der Waals surface area contributed by atoms with Gasteiger partial charge < -0.3 is 5.11 Å². The van der Waals surface area contributed by atoms with Gasteiger partial charge in [-0.25, -0.2) is 8.78 Å². The van der Waals surface area contributed by atoms with E-state index >= 15 is 0 Å². The van der Waals surface area contributed by atoms with Crippen LogP contribution in [0.5, 0.6) is 0 Å². The van der Waals surface area contributed by atoms with Crippen LogP contribution in [0.15, 0.2) is 0 Å². The van der Waals surface area contributed by atoms with Gasteiger partial charge in [0.2, 0.25) is 0 Å². The summed E-state index contributed by atoms with van der Waals surface area (Å²) in [5.74, 6) is -3.81. The minimum absolute atomic E-state index is 0.185. The van der Waals surface area contributed by atoms with Gasteiger partial charge in [-0.3, -0.25) is 4.79 Å². The van der Waals surface area contributed by atoms with E-state index in [1.807, 2.05) is 0 Å². The molecule has 76 valence electrons. The Morgan fingerprint density at radius 3 is 2.85 bits per heavy atom. The lowest BCUT2D eigenvalue weighted by Gasteiger charge is -2.22. The predicted octanol–water partition coefficient (Wildman–Crippen LogP) is 2.24. The van der Waals surface area contributed by atoms with Gasteiger partial charge in [-0.05, 0) is 17.9 Å². The maximum Gasteiger partial charge on any atom is 0.303 e. The molecule has 0 aliphatic carbocycles. The summed E-state index contributed by atoms with van der Waals surface area (Å²) in [4.78, 5) is 10.3. The number of aliphatic carboxylic acids is 1. The van der Waals surface area contributed by atoms with Crippen molar-refractivity contribution in [3.05, 3.63) is 0 Å². The van der Waals surface area contributed by atoms with Gasteiger partial charge in [0, 0.05) is 12.3 Å². The fourth-order valence-electron chi connectivity index (χ4n) is 1.41. The van der Waals surface area contributed by atoms with E-state index in [0.29, 0.717) is 17.9 Å². The maximum atomic E-state index is 13.2. The van der Waals surface area contributed by atoms with E-state index in [4.69, 9.17) is 5.11 Å². The standard InChI is InChI=1S/C8H12F2O2S/c9-8(10)2-4-13-3-1-6(8)5-7(11)12/h6H,1-5H2,(H,11,12). The maximum absolute atomic E-state index is 13.2. The number of thioether (sulfide) groups is 1. The lowest BCUT2D eigenvalue weighted by Crippen LogP contribution is -2.29. The van der Waals surface area contributed by atoms with Gasteiger partial charge in [0.25, 0.3) is 5.92 Å². The molecule has 0 aromatic rings. The molecule has 1 heterocycles. The highest BCUT2D eigenvalue weighted by Crippen LogP contribution is 2.37. The molecule has 1 atom stereocenters. The number of hydrogen-bond donors (Lipinski definition) is 1. The van der Waals surface area contributed by atoms with Crippen molar-refractivity contribution in [2.75, 3.05) is 11.5 Å². The Hall–Kier alpha value is -0.320. The highest BCUT2D eigenvalue weighted by atomic mass is 32.2. The summed E-state index contributed by atoms with van der Waals surface area (Å²) >= 11 is 1.48. The number of carboxylic acid groups (broad SMARTS) is 1. The lowest BCUT2D eigenvalue weighted by atomic mass is 9.93. The summed E-state index contributed by atoms with van der Waals surface area (Å²) in [7, 11) is 0. The third-order valence-corrected chi connectivity index (χ3v) is 3.23. The summed E-state index contributed by atoms with van der Waals surface area (Å²) in [6.45, 7) is 0. The predicted molar refractivity (Wildman–Crippen MR) is 47.2 cm³/mol. The molecule has 1 aliphatic heterocycles. The van der Waals surface area contributed by atoms with Gasteiger partial charge >= 0.3 is 5.97 Å². The Morgan fingerprint density at radius 2 is 2.23 bits per heavy atom. The first-order valence-electron chi connectivity index (χ1n) is 4.20. The Kier molecular flexibility index (Phi) is 3.53. The molecular weight excluding hydrogens is 198 g/mol. The molecule has 1 unspecified atom stereocenters. The van der Waals surface area contributed by atoms with Crippen LogP contribution in [0, 0.1) is 5.92 Å². The molecule has 1 fully saturated rings. The van der Waals surface area contributed by atoms with Crippen LogP contribution in [0.3, 0.4) is 0 Å². The Bertz CT molecular complexity index is 197. The van der Waals surface area contributed by atoms with Crippen LogP contribution < -0.4 is 0 Å². The van der Waals surface area contributed by atoms with Crippen molar-refractivity contribution in [1.82, 2.24) is 0 Å². The van der Waals surface area contributed by atoms with E-state index < -0.39 is 24.2 Å². The third-order valence-electron chi connectivity index (χ3n) is 2.21. The number of halogens is 2. The zero-order valence-corrected chi connectivity index (χ0v) is 7.95. The fraction of sp³-hybridized carbons (Fsp3) is 0.875. The van der Waals surface area contributed by atoms with Gasteiger partial charge in [0.15, 0.2) is 0 Å². The second-order valence-corrected chi connectivity index (χ2v) is 4.43. The van der Waals surface area contributed by atoms with Gasteiger partial charge in [-0.15, -0.1) is 0 Å². The molecule has 1 rings (SSSR count). The normalized spacial score (nSPS) is 28.0. The molecule has 2 nitrogen and oxygen atoms in total. The lowest BCUT2D eigenvalue weighted by molar-refractivity contribution is -0.143. The van der Waals surface area contributed by atoms with E-state index in [9.17, 15) is 13.6 Å². The average molecular weight is 210 g/mol. The Morgan fingerprint density at radius 1 is 1.54 bits per heavy atom. The van der Waals surface area contributed by atoms with Gasteiger partial charge in [-0.2, -0.15) is 11.8 Å². The molecule has 5 heteroatoms. The summed E-state index contributed by atoms with van der Waals surface area (Å²) in [5.41, 5.74) is 0. The third kappa shape index (κ3) is 3.14. The van der Waals surface area contributed by atoms with Crippen LogP contribution in [0.4, 0.5) is 8.78 Å². The molecule has 0 saturated carbocycles. The first-order valence-corrected chi connectivity index (χ1v) is 5.35. The van der Waals surface area contributed by atoms with Crippen LogP contribution in [-0.2, 0) is 4.79 Å². The van der Waals surface area contributed by atoms with Crippen molar-refractivity contribution < 1.29 is 18.7 Å². The van der Waals surface area contributed by atoms with E-state index in [1.54, 1.807) is 0 Å². The van der Waals surface area contributed by atoms with E-state index in [-0.39, 0.29) is 6.42 Å². The quantitative estimate of drug-likeness (QED) is 0.759. The van der Waals surface area contributed by atoms with Crippen molar-refractivity contribution in [1.29, 1.82) is 0 Å². The van der Waals surface area contributed by atoms with Crippen molar-refractivity contribution in [2.45, 2.75) is 25.2 Å². The first kappa shape index (κ1) is 10.8. The molecule has 1 aliphatic rings. The monoisotopic (exact) mass is 210 g/mol. The zero-order valence-electron chi connectivity index (χ0n) is 7.13. The smallest absolute Gasteiger partial charge is 0.303 e. The molecular formula is C8H12F2O2S. The molecule has 13 heavy (non-hydrogen) atoms.